The van der Waals surface area contributed by atoms with Crippen LogP contribution in [0.3, 0.4) is 0 Å². The second-order valence-corrected chi connectivity index (χ2v) is 8.86. The van der Waals surface area contributed by atoms with Gasteiger partial charge in [0.2, 0.25) is 0 Å². The lowest BCUT2D eigenvalue weighted by molar-refractivity contribution is 0.0947. The minimum atomic E-state index is -0.0720. The van der Waals surface area contributed by atoms with E-state index in [-0.39, 0.29) is 5.91 Å². The van der Waals surface area contributed by atoms with Gasteiger partial charge in [0.1, 0.15) is 16.5 Å². The summed E-state index contributed by atoms with van der Waals surface area (Å²) in [7, 11) is 0. The Morgan fingerprint density at radius 3 is 2.62 bits per heavy atom. The van der Waals surface area contributed by atoms with E-state index >= 15 is 0 Å². The average Bonchev–Trinajstić information content (AvgIpc) is 3.40. The van der Waals surface area contributed by atoms with Crippen molar-refractivity contribution in [2.24, 2.45) is 0 Å². The van der Waals surface area contributed by atoms with Crippen molar-refractivity contribution in [2.75, 3.05) is 44.2 Å². The monoisotopic (exact) mass is 413 g/mol. The Kier molecular flexibility index (Phi) is 7.11. The average molecular weight is 414 g/mol. The first kappa shape index (κ1) is 20.3. The minimum absolute atomic E-state index is 0.0720. The van der Waals surface area contributed by atoms with Crippen LogP contribution in [0.4, 0.5) is 5.82 Å². The van der Waals surface area contributed by atoms with Gasteiger partial charge in [0.25, 0.3) is 5.91 Å². The van der Waals surface area contributed by atoms with Gasteiger partial charge in [-0.05, 0) is 63.9 Å². The molecule has 2 aliphatic heterocycles. The van der Waals surface area contributed by atoms with Crippen molar-refractivity contribution in [3.05, 3.63) is 29.4 Å². The van der Waals surface area contributed by atoms with Crippen LogP contribution < -0.4 is 10.2 Å². The summed E-state index contributed by atoms with van der Waals surface area (Å²) in [6.45, 7) is 6.32. The molecule has 2 saturated heterocycles. The van der Waals surface area contributed by atoms with Gasteiger partial charge in [-0.15, -0.1) is 11.3 Å². The summed E-state index contributed by atoms with van der Waals surface area (Å²) in [4.78, 5) is 26.4. The third-order valence-electron chi connectivity index (χ3n) is 5.79. The highest BCUT2D eigenvalue weighted by Gasteiger charge is 2.16. The lowest BCUT2D eigenvalue weighted by Crippen LogP contribution is -2.30. The molecule has 29 heavy (non-hydrogen) atoms. The standard InChI is InChI=1S/C22H31N5OS/c28-21(24-9-7-13-26-11-3-1-2-4-12-26)19-17-29-22(25-19)18-8-10-23-20(16-18)27-14-5-6-15-27/h8,10,16-17H,1-7,9,11-15H2,(H,24,28). The number of rotatable bonds is 7. The van der Waals surface area contributed by atoms with Gasteiger partial charge in [0.15, 0.2) is 0 Å². The van der Waals surface area contributed by atoms with Crippen LogP contribution in [-0.4, -0.2) is 60.0 Å². The van der Waals surface area contributed by atoms with E-state index in [1.807, 2.05) is 17.6 Å². The van der Waals surface area contributed by atoms with Gasteiger partial charge in [-0.1, -0.05) is 12.8 Å². The molecule has 0 radical (unpaired) electrons. The number of hydrogen-bond acceptors (Lipinski definition) is 6. The first-order chi connectivity index (χ1) is 14.3. The molecule has 4 rings (SSSR count). The predicted octanol–water partition coefficient (Wildman–Crippen LogP) is 3.80. The third kappa shape index (κ3) is 5.54. The molecule has 1 amide bonds. The Morgan fingerprint density at radius 1 is 1.07 bits per heavy atom. The summed E-state index contributed by atoms with van der Waals surface area (Å²) in [6, 6.07) is 4.06. The Hall–Kier alpha value is -1.99. The zero-order valence-electron chi connectivity index (χ0n) is 17.1. The van der Waals surface area contributed by atoms with E-state index in [1.165, 1.54) is 63.0 Å². The van der Waals surface area contributed by atoms with Crippen LogP contribution in [0.1, 0.15) is 55.4 Å². The van der Waals surface area contributed by atoms with Gasteiger partial charge in [-0.3, -0.25) is 4.79 Å². The van der Waals surface area contributed by atoms with Crippen LogP contribution in [0.25, 0.3) is 10.6 Å². The molecular formula is C22H31N5OS. The number of carbonyl (C=O) groups excluding carboxylic acids is 1. The lowest BCUT2D eigenvalue weighted by Gasteiger charge is -2.19. The van der Waals surface area contributed by atoms with Crippen molar-refractivity contribution in [2.45, 2.75) is 44.9 Å². The maximum atomic E-state index is 12.5. The smallest absolute Gasteiger partial charge is 0.270 e. The van der Waals surface area contributed by atoms with Crippen LogP contribution in [0.2, 0.25) is 0 Å². The number of nitrogens with zero attached hydrogens (tertiary/aromatic N) is 4. The number of hydrogen-bond donors (Lipinski definition) is 1. The second-order valence-electron chi connectivity index (χ2n) is 8.00. The number of anilines is 1. The first-order valence-electron chi connectivity index (χ1n) is 11.0. The Morgan fingerprint density at radius 2 is 1.83 bits per heavy atom. The maximum absolute atomic E-state index is 12.5. The molecule has 2 fully saturated rings. The van der Waals surface area contributed by atoms with Gasteiger partial charge >= 0.3 is 0 Å². The van der Waals surface area contributed by atoms with Gasteiger partial charge in [-0.25, -0.2) is 9.97 Å². The molecule has 0 unspecified atom stereocenters. The van der Waals surface area contributed by atoms with Crippen LogP contribution in [0.5, 0.6) is 0 Å². The second kappa shape index (κ2) is 10.2. The molecule has 2 aliphatic rings. The van der Waals surface area contributed by atoms with Crippen LogP contribution in [0.15, 0.2) is 23.7 Å². The highest BCUT2D eigenvalue weighted by molar-refractivity contribution is 7.13. The number of nitrogens with one attached hydrogen (secondary N) is 1. The number of pyridine rings is 1. The number of carbonyl (C=O) groups is 1. The largest absolute Gasteiger partial charge is 0.357 e. The van der Waals surface area contributed by atoms with Gasteiger partial charge in [-0.2, -0.15) is 0 Å². The van der Waals surface area contributed by atoms with E-state index in [4.69, 9.17) is 0 Å². The van der Waals surface area contributed by atoms with E-state index in [1.54, 1.807) is 0 Å². The van der Waals surface area contributed by atoms with Crippen LogP contribution in [-0.2, 0) is 0 Å². The number of aromatic nitrogens is 2. The minimum Gasteiger partial charge on any atom is -0.357 e. The van der Waals surface area contributed by atoms with Crippen molar-refractivity contribution >= 4 is 23.1 Å². The molecule has 0 aromatic carbocycles. The summed E-state index contributed by atoms with van der Waals surface area (Å²) in [6.07, 6.45) is 10.6. The zero-order valence-corrected chi connectivity index (χ0v) is 17.9. The van der Waals surface area contributed by atoms with Crippen molar-refractivity contribution in [1.29, 1.82) is 0 Å². The highest BCUT2D eigenvalue weighted by Crippen LogP contribution is 2.27. The summed E-state index contributed by atoms with van der Waals surface area (Å²) < 4.78 is 0. The topological polar surface area (TPSA) is 61.4 Å². The lowest BCUT2D eigenvalue weighted by atomic mass is 10.2. The fourth-order valence-electron chi connectivity index (χ4n) is 4.14. The summed E-state index contributed by atoms with van der Waals surface area (Å²) in [5.74, 6) is 0.937. The van der Waals surface area contributed by atoms with E-state index < -0.39 is 0 Å². The van der Waals surface area contributed by atoms with Gasteiger partial charge in [0, 0.05) is 36.8 Å². The molecule has 0 spiro atoms. The molecular weight excluding hydrogens is 382 g/mol. The van der Waals surface area contributed by atoms with Crippen LogP contribution >= 0.6 is 11.3 Å². The molecule has 0 bridgehead atoms. The maximum Gasteiger partial charge on any atom is 0.270 e. The molecule has 0 saturated carbocycles. The van der Waals surface area contributed by atoms with Gasteiger partial charge in [0.05, 0.1) is 0 Å². The Bertz CT molecular complexity index is 794. The molecule has 0 aliphatic carbocycles. The van der Waals surface area contributed by atoms with E-state index in [0.717, 1.165) is 42.4 Å². The third-order valence-corrected chi connectivity index (χ3v) is 6.69. The first-order valence-corrected chi connectivity index (χ1v) is 11.8. The Labute approximate surface area is 177 Å². The molecule has 1 N–H and O–H groups in total. The van der Waals surface area contributed by atoms with E-state index in [9.17, 15) is 4.79 Å². The van der Waals surface area contributed by atoms with Crippen molar-refractivity contribution in [1.82, 2.24) is 20.2 Å². The molecule has 2 aromatic rings. The zero-order chi connectivity index (χ0) is 19.9. The molecule has 0 atom stereocenters. The van der Waals surface area contributed by atoms with Crippen molar-refractivity contribution < 1.29 is 4.79 Å². The Balaban J connectivity index is 1.28. The highest BCUT2D eigenvalue weighted by atomic mass is 32.1. The SMILES string of the molecule is O=C(NCCCN1CCCCCC1)c1csc(-c2ccnc(N3CCCC3)c2)n1. The number of likely N-dealkylation sites (tertiary alicyclic amines) is 1. The fraction of sp³-hybridized carbons (Fsp3) is 0.591. The normalized spacial score (nSPS) is 18.0. The summed E-state index contributed by atoms with van der Waals surface area (Å²) in [5, 5.41) is 5.77. The molecule has 4 heterocycles. The number of thiazole rings is 1. The van der Waals surface area contributed by atoms with Gasteiger partial charge < -0.3 is 15.1 Å². The summed E-state index contributed by atoms with van der Waals surface area (Å²) in [5.41, 5.74) is 1.55. The molecule has 7 heteroatoms. The predicted molar refractivity (Wildman–Crippen MR) is 119 cm³/mol. The molecule has 6 nitrogen and oxygen atoms in total. The van der Waals surface area contributed by atoms with Crippen molar-refractivity contribution in [3.63, 3.8) is 0 Å². The van der Waals surface area contributed by atoms with E-state index in [2.05, 4.69) is 31.2 Å². The summed E-state index contributed by atoms with van der Waals surface area (Å²) >= 11 is 1.52. The van der Waals surface area contributed by atoms with Crippen LogP contribution in [0, 0.1) is 0 Å². The molecule has 156 valence electrons. The number of amides is 1. The van der Waals surface area contributed by atoms with Crippen molar-refractivity contribution in [3.8, 4) is 10.6 Å². The van der Waals surface area contributed by atoms with E-state index in [0.29, 0.717) is 12.2 Å². The fourth-order valence-corrected chi connectivity index (χ4v) is 4.93. The molecule has 2 aromatic heterocycles. The quantitative estimate of drug-likeness (QED) is 0.700.